The highest BCUT2D eigenvalue weighted by atomic mass is 35.5. The lowest BCUT2D eigenvalue weighted by molar-refractivity contribution is -0.124. The van der Waals surface area contributed by atoms with Crippen molar-refractivity contribution in [1.29, 1.82) is 0 Å². The number of nitrogens with one attached hydrogen (secondary N) is 2. The Kier molecular flexibility index (Phi) is 4.71. The van der Waals surface area contributed by atoms with Crippen molar-refractivity contribution in [2.24, 2.45) is 0 Å². The van der Waals surface area contributed by atoms with Gasteiger partial charge in [0.1, 0.15) is 5.82 Å². The first-order valence-electron chi connectivity index (χ1n) is 5.01. The smallest absolute Gasteiger partial charge is 0.237 e. The molecular formula is C11H14ClFN2O. The predicted molar refractivity (Wildman–Crippen MR) is 61.9 cm³/mol. The van der Waals surface area contributed by atoms with Gasteiger partial charge in [0.05, 0.1) is 6.04 Å². The Labute approximate surface area is 99.8 Å². The van der Waals surface area contributed by atoms with Crippen LogP contribution in [0.2, 0.25) is 0 Å². The van der Waals surface area contributed by atoms with E-state index >= 15 is 0 Å². The molecule has 2 rings (SSSR count). The van der Waals surface area contributed by atoms with Crippen LogP contribution in [0, 0.1) is 5.82 Å². The van der Waals surface area contributed by atoms with Crippen LogP contribution >= 0.6 is 12.4 Å². The summed E-state index contributed by atoms with van der Waals surface area (Å²) >= 11 is 0. The van der Waals surface area contributed by atoms with Crippen molar-refractivity contribution in [3.05, 3.63) is 35.6 Å². The summed E-state index contributed by atoms with van der Waals surface area (Å²) in [6.07, 6.45) is 0.884. The third-order valence-electron chi connectivity index (χ3n) is 2.50. The number of carbonyl (C=O) groups is 1. The number of rotatable bonds is 3. The van der Waals surface area contributed by atoms with Crippen molar-refractivity contribution in [3.63, 3.8) is 0 Å². The molecule has 0 aromatic heterocycles. The molecule has 0 radical (unpaired) electrons. The Hall–Kier alpha value is -1.13. The van der Waals surface area contributed by atoms with Gasteiger partial charge < -0.3 is 10.6 Å². The van der Waals surface area contributed by atoms with Gasteiger partial charge in [-0.15, -0.1) is 12.4 Å². The molecule has 1 aliphatic rings. The monoisotopic (exact) mass is 244 g/mol. The molecule has 1 amide bonds. The molecule has 88 valence electrons. The average Bonchev–Trinajstić information content (AvgIpc) is 2.12. The summed E-state index contributed by atoms with van der Waals surface area (Å²) in [5.41, 5.74) is 0.780. The minimum Gasteiger partial charge on any atom is -0.351 e. The van der Waals surface area contributed by atoms with Gasteiger partial charge in [-0.1, -0.05) is 12.1 Å². The minimum atomic E-state index is -0.275. The molecule has 1 heterocycles. The van der Waals surface area contributed by atoms with E-state index in [1.54, 1.807) is 12.1 Å². The van der Waals surface area contributed by atoms with E-state index in [2.05, 4.69) is 10.6 Å². The van der Waals surface area contributed by atoms with Gasteiger partial charge in [0.25, 0.3) is 0 Å². The van der Waals surface area contributed by atoms with E-state index in [1.807, 2.05) is 0 Å². The molecule has 0 aliphatic carbocycles. The van der Waals surface area contributed by atoms with Crippen molar-refractivity contribution in [1.82, 2.24) is 10.6 Å². The molecule has 0 spiro atoms. The Morgan fingerprint density at radius 2 is 2.31 bits per heavy atom. The Morgan fingerprint density at radius 1 is 1.56 bits per heavy atom. The molecule has 1 atom stereocenters. The highest BCUT2D eigenvalue weighted by Crippen LogP contribution is 2.05. The molecule has 0 bridgehead atoms. The van der Waals surface area contributed by atoms with E-state index in [0.29, 0.717) is 6.54 Å². The molecule has 2 N–H and O–H groups in total. The van der Waals surface area contributed by atoms with Crippen LogP contribution in [-0.4, -0.2) is 18.5 Å². The topological polar surface area (TPSA) is 41.1 Å². The Bertz CT molecular complexity index is 369. The summed E-state index contributed by atoms with van der Waals surface area (Å²) in [5.74, 6) is -0.283. The van der Waals surface area contributed by atoms with Gasteiger partial charge in [-0.3, -0.25) is 4.79 Å². The number of amides is 1. The quantitative estimate of drug-likeness (QED) is 0.840. The fourth-order valence-corrected chi connectivity index (χ4v) is 1.47. The predicted octanol–water partition coefficient (Wildman–Crippen LogP) is 1.23. The summed E-state index contributed by atoms with van der Waals surface area (Å²) in [7, 11) is 0. The van der Waals surface area contributed by atoms with E-state index < -0.39 is 0 Å². The average molecular weight is 245 g/mol. The lowest BCUT2D eigenvalue weighted by Gasteiger charge is -2.26. The largest absolute Gasteiger partial charge is 0.351 e. The molecule has 3 nitrogen and oxygen atoms in total. The maximum Gasteiger partial charge on any atom is 0.237 e. The Balaban J connectivity index is 0.00000128. The molecule has 1 aliphatic heterocycles. The van der Waals surface area contributed by atoms with E-state index in [0.717, 1.165) is 18.5 Å². The summed E-state index contributed by atoms with van der Waals surface area (Å²) < 4.78 is 12.8. The molecule has 1 saturated heterocycles. The van der Waals surface area contributed by atoms with Crippen LogP contribution in [0.1, 0.15) is 12.0 Å². The van der Waals surface area contributed by atoms with E-state index in [9.17, 15) is 9.18 Å². The van der Waals surface area contributed by atoms with Crippen molar-refractivity contribution in [3.8, 4) is 0 Å². The number of benzene rings is 1. The van der Waals surface area contributed by atoms with E-state index in [4.69, 9.17) is 0 Å². The zero-order valence-electron chi connectivity index (χ0n) is 8.70. The van der Waals surface area contributed by atoms with Crippen LogP contribution in [-0.2, 0) is 11.3 Å². The van der Waals surface area contributed by atoms with Crippen molar-refractivity contribution in [2.75, 3.05) is 6.54 Å². The lowest BCUT2D eigenvalue weighted by atomic mass is 10.1. The second kappa shape index (κ2) is 5.82. The molecule has 0 saturated carbocycles. The minimum absolute atomic E-state index is 0. The van der Waals surface area contributed by atoms with Crippen molar-refractivity contribution >= 4 is 18.3 Å². The fraction of sp³-hybridized carbons (Fsp3) is 0.364. The molecule has 5 heteroatoms. The zero-order chi connectivity index (χ0) is 10.7. The first kappa shape index (κ1) is 12.9. The molecule has 16 heavy (non-hydrogen) atoms. The van der Waals surface area contributed by atoms with Gasteiger partial charge >= 0.3 is 0 Å². The van der Waals surface area contributed by atoms with Gasteiger partial charge in [0, 0.05) is 6.54 Å². The summed E-state index contributed by atoms with van der Waals surface area (Å²) in [5, 5.41) is 5.77. The van der Waals surface area contributed by atoms with Crippen LogP contribution in [0.5, 0.6) is 0 Å². The first-order chi connectivity index (χ1) is 7.25. The standard InChI is InChI=1S/C11H13FN2O.ClH/c12-9-3-1-2-8(6-9)7-14-11(15)10-4-5-13-10;/h1-3,6,10,13H,4-5,7H2,(H,14,15);1H/t10-;/m1./s1. The number of carbonyl (C=O) groups excluding carboxylic acids is 1. The summed E-state index contributed by atoms with van der Waals surface area (Å²) in [4.78, 5) is 11.4. The van der Waals surface area contributed by atoms with Gasteiger partial charge in [-0.05, 0) is 30.7 Å². The third-order valence-corrected chi connectivity index (χ3v) is 2.50. The van der Waals surface area contributed by atoms with Crippen LogP contribution in [0.3, 0.4) is 0 Å². The van der Waals surface area contributed by atoms with Gasteiger partial charge in [0.15, 0.2) is 0 Å². The fourth-order valence-electron chi connectivity index (χ4n) is 1.47. The third kappa shape index (κ3) is 3.18. The number of hydrogen-bond donors (Lipinski definition) is 2. The van der Waals surface area contributed by atoms with Gasteiger partial charge in [-0.2, -0.15) is 0 Å². The van der Waals surface area contributed by atoms with Gasteiger partial charge in [0.2, 0.25) is 5.91 Å². The van der Waals surface area contributed by atoms with Crippen molar-refractivity contribution in [2.45, 2.75) is 19.0 Å². The number of hydrogen-bond acceptors (Lipinski definition) is 2. The highest BCUT2D eigenvalue weighted by Gasteiger charge is 2.23. The first-order valence-corrected chi connectivity index (χ1v) is 5.01. The molecule has 0 unspecified atom stereocenters. The summed E-state index contributed by atoms with van der Waals surface area (Å²) in [6, 6.07) is 6.18. The van der Waals surface area contributed by atoms with Crippen LogP contribution < -0.4 is 10.6 Å². The lowest BCUT2D eigenvalue weighted by Crippen LogP contribution is -2.52. The van der Waals surface area contributed by atoms with E-state index in [-0.39, 0.29) is 30.2 Å². The molecule has 1 fully saturated rings. The van der Waals surface area contributed by atoms with E-state index in [1.165, 1.54) is 12.1 Å². The number of halogens is 2. The van der Waals surface area contributed by atoms with Crippen LogP contribution in [0.25, 0.3) is 0 Å². The van der Waals surface area contributed by atoms with Gasteiger partial charge in [-0.25, -0.2) is 4.39 Å². The maximum atomic E-state index is 12.8. The molecule has 1 aromatic rings. The Morgan fingerprint density at radius 3 is 2.88 bits per heavy atom. The zero-order valence-corrected chi connectivity index (χ0v) is 9.52. The molecular weight excluding hydrogens is 231 g/mol. The second-order valence-corrected chi connectivity index (χ2v) is 3.64. The maximum absolute atomic E-state index is 12.8. The summed E-state index contributed by atoms with van der Waals surface area (Å²) in [6.45, 7) is 1.28. The van der Waals surface area contributed by atoms with Crippen LogP contribution in [0.15, 0.2) is 24.3 Å². The normalized spacial score (nSPS) is 18.2. The second-order valence-electron chi connectivity index (χ2n) is 3.64. The van der Waals surface area contributed by atoms with Crippen molar-refractivity contribution < 1.29 is 9.18 Å². The van der Waals surface area contributed by atoms with Crippen LogP contribution in [0.4, 0.5) is 4.39 Å². The SMILES string of the molecule is Cl.O=C(NCc1cccc(F)c1)[C@H]1CCN1. The molecule has 1 aromatic carbocycles. The highest BCUT2D eigenvalue weighted by molar-refractivity contribution is 5.85.